The molecule has 7 atom stereocenters. The quantitative estimate of drug-likeness (QED) is 0.191. The molecule has 0 aliphatic rings. The molecule has 2 aromatic rings. The summed E-state index contributed by atoms with van der Waals surface area (Å²) >= 11 is 0. The van der Waals surface area contributed by atoms with Crippen LogP contribution in [0.4, 0.5) is 17.6 Å². The lowest BCUT2D eigenvalue weighted by Gasteiger charge is -2.34. The Balaban J connectivity index is 2.36. The summed E-state index contributed by atoms with van der Waals surface area (Å²) in [6, 6.07) is 4.73. The summed E-state index contributed by atoms with van der Waals surface area (Å²) in [5.41, 5.74) is 0.409. The minimum atomic E-state index is -2.06. The van der Waals surface area contributed by atoms with E-state index in [9.17, 15) is 43.1 Å². The van der Waals surface area contributed by atoms with Crippen LogP contribution in [-0.4, -0.2) is 67.8 Å². The van der Waals surface area contributed by atoms with Gasteiger partial charge in [0.15, 0.2) is 0 Å². The lowest BCUT2D eigenvalue weighted by molar-refractivity contribution is -0.149. The van der Waals surface area contributed by atoms with Crippen LogP contribution in [-0.2, 0) is 12.8 Å². The molecule has 0 aliphatic carbocycles. The van der Waals surface area contributed by atoms with Gasteiger partial charge in [-0.05, 0) is 78.3 Å². The minimum absolute atomic E-state index is 0.0284. The number of aliphatic hydroxyl groups is 6. The van der Waals surface area contributed by atoms with E-state index in [2.05, 4.69) is 0 Å². The standard InChI is InChI=1S/C30H42F4O6/c1-14(2)25-20(31)9-17(10-21(25)32)6-16(5)7-19(27(37)29(39)30(40)28(38)24(36)13-35)8-18-11-22(33)26(15(3)4)23(34)12-18/h9-12,14-16,19,24,27-30,35-40H,6-8,13H2,1-5H3/t16?,19?,24-,27?,28+,29+,30-/m0/s1. The fraction of sp³-hybridized carbons (Fsp3) is 0.600. The van der Waals surface area contributed by atoms with Crippen LogP contribution in [0.3, 0.4) is 0 Å². The van der Waals surface area contributed by atoms with Crippen LogP contribution in [0, 0.1) is 35.1 Å². The van der Waals surface area contributed by atoms with Crippen molar-refractivity contribution < 1.29 is 48.2 Å². The van der Waals surface area contributed by atoms with Gasteiger partial charge in [-0.2, -0.15) is 0 Å². The molecule has 0 aliphatic heterocycles. The van der Waals surface area contributed by atoms with Gasteiger partial charge in [-0.3, -0.25) is 0 Å². The summed E-state index contributed by atoms with van der Waals surface area (Å²) in [7, 11) is 0. The fourth-order valence-electron chi connectivity index (χ4n) is 5.28. The van der Waals surface area contributed by atoms with Crippen LogP contribution in [0.1, 0.15) is 75.1 Å². The Kier molecular flexibility index (Phi) is 12.5. The second-order valence-corrected chi connectivity index (χ2v) is 11.5. The van der Waals surface area contributed by atoms with Crippen LogP contribution in [0.2, 0.25) is 0 Å². The monoisotopic (exact) mass is 574 g/mol. The van der Waals surface area contributed by atoms with Crippen LogP contribution >= 0.6 is 0 Å². The smallest absolute Gasteiger partial charge is 0.129 e. The third-order valence-electron chi connectivity index (χ3n) is 7.33. The average Bonchev–Trinajstić information content (AvgIpc) is 2.84. The molecule has 0 fully saturated rings. The van der Waals surface area contributed by atoms with Crippen molar-refractivity contribution in [2.45, 2.75) is 96.2 Å². The first-order valence-corrected chi connectivity index (χ1v) is 13.6. The lowest BCUT2D eigenvalue weighted by atomic mass is 9.80. The zero-order valence-corrected chi connectivity index (χ0v) is 23.5. The second-order valence-electron chi connectivity index (χ2n) is 11.5. The highest BCUT2D eigenvalue weighted by molar-refractivity contribution is 5.30. The SMILES string of the molecule is CC(Cc1cc(F)c(C(C)C)c(F)c1)CC(Cc1cc(F)c(C(C)C)c(F)c1)C(O)[C@@H](O)[C@@H](O)[C@H](O)[C@@H](O)CO. The number of rotatable bonds is 14. The molecule has 6 nitrogen and oxygen atoms in total. The molecule has 0 radical (unpaired) electrons. The van der Waals surface area contributed by atoms with Gasteiger partial charge in [0.25, 0.3) is 0 Å². The van der Waals surface area contributed by atoms with E-state index in [0.29, 0.717) is 5.56 Å². The van der Waals surface area contributed by atoms with Gasteiger partial charge in [-0.15, -0.1) is 0 Å². The largest absolute Gasteiger partial charge is 0.394 e. The van der Waals surface area contributed by atoms with Gasteiger partial charge in [-0.1, -0.05) is 34.6 Å². The highest BCUT2D eigenvalue weighted by Gasteiger charge is 2.38. The zero-order chi connectivity index (χ0) is 30.5. The van der Waals surface area contributed by atoms with Gasteiger partial charge < -0.3 is 30.6 Å². The maximum absolute atomic E-state index is 14.7. The number of hydrogen-bond acceptors (Lipinski definition) is 6. The molecule has 0 spiro atoms. The predicted molar refractivity (Wildman–Crippen MR) is 143 cm³/mol. The van der Waals surface area contributed by atoms with E-state index in [4.69, 9.17) is 5.11 Å². The van der Waals surface area contributed by atoms with Crippen molar-refractivity contribution in [2.24, 2.45) is 11.8 Å². The van der Waals surface area contributed by atoms with Crippen LogP contribution in [0.5, 0.6) is 0 Å². The molecular formula is C30H42F4O6. The summed E-state index contributed by atoms with van der Waals surface area (Å²) in [4.78, 5) is 0. The van der Waals surface area contributed by atoms with Crippen LogP contribution in [0.25, 0.3) is 0 Å². The van der Waals surface area contributed by atoms with E-state index < -0.39 is 72.2 Å². The molecule has 3 unspecified atom stereocenters. The third kappa shape index (κ3) is 8.47. The van der Waals surface area contributed by atoms with Gasteiger partial charge in [-0.25, -0.2) is 17.6 Å². The number of hydrogen-bond donors (Lipinski definition) is 6. The summed E-state index contributed by atoms with van der Waals surface area (Å²) in [6.07, 6.45) is -9.46. The highest BCUT2D eigenvalue weighted by Crippen LogP contribution is 2.31. The summed E-state index contributed by atoms with van der Waals surface area (Å²) in [5.74, 6) is -4.98. The first kappa shape index (κ1) is 34.1. The number of aliphatic hydroxyl groups excluding tert-OH is 6. The second kappa shape index (κ2) is 14.7. The average molecular weight is 575 g/mol. The molecule has 0 heterocycles. The Morgan fingerprint density at radius 3 is 1.32 bits per heavy atom. The predicted octanol–water partition coefficient (Wildman–Crippen LogP) is 3.71. The Labute approximate surface area is 232 Å². The molecular weight excluding hydrogens is 532 g/mol. The number of halogens is 4. The fourth-order valence-corrected chi connectivity index (χ4v) is 5.28. The van der Waals surface area contributed by atoms with Crippen molar-refractivity contribution in [1.82, 2.24) is 0 Å². The third-order valence-corrected chi connectivity index (χ3v) is 7.33. The van der Waals surface area contributed by atoms with E-state index in [0.717, 1.165) is 12.1 Å². The molecule has 0 amide bonds. The van der Waals surface area contributed by atoms with E-state index >= 15 is 0 Å². The topological polar surface area (TPSA) is 121 Å². The maximum Gasteiger partial charge on any atom is 0.129 e. The summed E-state index contributed by atoms with van der Waals surface area (Å²) in [5, 5.41) is 60.7. The highest BCUT2D eigenvalue weighted by atomic mass is 19.1. The lowest BCUT2D eigenvalue weighted by Crippen LogP contribution is -2.52. The van der Waals surface area contributed by atoms with E-state index in [1.165, 1.54) is 12.1 Å². The van der Waals surface area contributed by atoms with Crippen molar-refractivity contribution in [2.75, 3.05) is 6.61 Å². The Morgan fingerprint density at radius 2 is 0.950 bits per heavy atom. The Hall–Kier alpha value is -2.08. The van der Waals surface area contributed by atoms with Crippen molar-refractivity contribution >= 4 is 0 Å². The van der Waals surface area contributed by atoms with E-state index in [1.54, 1.807) is 34.6 Å². The van der Waals surface area contributed by atoms with Gasteiger partial charge in [0.1, 0.15) is 47.7 Å². The summed E-state index contributed by atoms with van der Waals surface area (Å²) < 4.78 is 58.5. The molecule has 2 rings (SSSR count). The first-order chi connectivity index (χ1) is 18.6. The molecule has 10 heteroatoms. The van der Waals surface area contributed by atoms with Crippen molar-refractivity contribution in [3.8, 4) is 0 Å². The summed E-state index contributed by atoms with van der Waals surface area (Å²) in [6.45, 7) is 7.45. The maximum atomic E-state index is 14.7. The van der Waals surface area contributed by atoms with Crippen molar-refractivity contribution in [1.29, 1.82) is 0 Å². The Morgan fingerprint density at radius 1 is 0.575 bits per heavy atom. The molecule has 0 saturated heterocycles. The van der Waals surface area contributed by atoms with Gasteiger partial charge in [0.2, 0.25) is 0 Å². The number of benzene rings is 2. The molecule has 40 heavy (non-hydrogen) atoms. The molecule has 2 aromatic carbocycles. The van der Waals surface area contributed by atoms with Crippen molar-refractivity contribution in [3.05, 3.63) is 69.8 Å². The van der Waals surface area contributed by atoms with Gasteiger partial charge in [0, 0.05) is 11.1 Å². The first-order valence-electron chi connectivity index (χ1n) is 13.6. The molecule has 0 saturated carbocycles. The van der Waals surface area contributed by atoms with E-state index in [1.807, 2.05) is 0 Å². The molecule has 0 aromatic heterocycles. The van der Waals surface area contributed by atoms with E-state index in [-0.39, 0.29) is 47.8 Å². The van der Waals surface area contributed by atoms with Crippen LogP contribution < -0.4 is 0 Å². The van der Waals surface area contributed by atoms with Gasteiger partial charge in [0.05, 0.1) is 12.7 Å². The molecule has 6 N–H and O–H groups in total. The zero-order valence-electron chi connectivity index (χ0n) is 23.5. The van der Waals surface area contributed by atoms with Gasteiger partial charge >= 0.3 is 0 Å². The minimum Gasteiger partial charge on any atom is -0.394 e. The van der Waals surface area contributed by atoms with Crippen LogP contribution in [0.15, 0.2) is 24.3 Å². The molecule has 0 bridgehead atoms. The van der Waals surface area contributed by atoms with Crippen molar-refractivity contribution in [3.63, 3.8) is 0 Å². The normalized spacial score (nSPS) is 17.5. The Bertz CT molecular complexity index is 1070. The molecule has 226 valence electrons.